The van der Waals surface area contributed by atoms with Gasteiger partial charge in [-0.2, -0.15) is 0 Å². The van der Waals surface area contributed by atoms with Gasteiger partial charge in [-0.05, 0) is 35.1 Å². The van der Waals surface area contributed by atoms with Crippen LogP contribution in [0.2, 0.25) is 0 Å². The molecule has 4 nitrogen and oxygen atoms in total. The van der Waals surface area contributed by atoms with E-state index in [1.165, 1.54) is 0 Å². The molecule has 0 atom stereocenters. The fraction of sp³-hybridized carbons (Fsp3) is 0.500. The van der Waals surface area contributed by atoms with E-state index in [0.29, 0.717) is 18.8 Å². The summed E-state index contributed by atoms with van der Waals surface area (Å²) in [5.41, 5.74) is 0.638. The minimum Gasteiger partial charge on any atom is -0.385 e. The number of amides is 1. The number of methoxy groups -OCH3 is 1. The molecule has 1 N–H and O–H groups in total. The van der Waals surface area contributed by atoms with Crippen LogP contribution in [0.5, 0.6) is 0 Å². The molecular weight excluding hydrogens is 307 g/mol. The molecule has 0 aliphatic carbocycles. The Morgan fingerprint density at radius 2 is 2.40 bits per heavy atom. The van der Waals surface area contributed by atoms with Crippen molar-refractivity contribution < 1.29 is 9.53 Å². The zero-order valence-electron chi connectivity index (χ0n) is 8.92. The highest BCUT2D eigenvalue weighted by atomic mass is 127. The van der Waals surface area contributed by atoms with E-state index in [1.807, 2.05) is 12.3 Å². The Morgan fingerprint density at radius 3 is 2.93 bits per heavy atom. The number of hydrogen-bond acceptors (Lipinski definition) is 2. The first-order valence-electron chi connectivity index (χ1n) is 4.73. The van der Waals surface area contributed by atoms with Gasteiger partial charge in [0.05, 0.1) is 0 Å². The van der Waals surface area contributed by atoms with E-state index in [0.717, 1.165) is 9.99 Å². The molecule has 0 radical (unpaired) electrons. The Bertz CT molecular complexity index is 325. The third-order valence-electron chi connectivity index (χ3n) is 2.07. The Balaban J connectivity index is 2.46. The zero-order chi connectivity index (χ0) is 11.3. The molecule has 0 spiro atoms. The standard InChI is InChI=1S/C10H15IN2O2/c1-13(4-3-5-15-2)10(14)9-6-8(11)7-12-9/h6-7,12H,3-5H2,1-2H3. The summed E-state index contributed by atoms with van der Waals surface area (Å²) in [6.07, 6.45) is 2.67. The minimum absolute atomic E-state index is 0.0222. The number of rotatable bonds is 5. The number of ether oxygens (including phenoxy) is 1. The van der Waals surface area contributed by atoms with E-state index in [9.17, 15) is 4.79 Å². The monoisotopic (exact) mass is 322 g/mol. The average molecular weight is 322 g/mol. The van der Waals surface area contributed by atoms with Crippen LogP contribution in [0.15, 0.2) is 12.3 Å². The van der Waals surface area contributed by atoms with Crippen molar-refractivity contribution in [3.63, 3.8) is 0 Å². The van der Waals surface area contributed by atoms with Crippen LogP contribution in [0, 0.1) is 3.57 Å². The summed E-state index contributed by atoms with van der Waals surface area (Å²) in [6, 6.07) is 1.84. The lowest BCUT2D eigenvalue weighted by Gasteiger charge is -2.15. The Labute approximate surface area is 103 Å². The maximum absolute atomic E-state index is 11.8. The Morgan fingerprint density at radius 1 is 1.67 bits per heavy atom. The number of halogens is 1. The van der Waals surface area contributed by atoms with Crippen molar-refractivity contribution in [3.8, 4) is 0 Å². The smallest absolute Gasteiger partial charge is 0.270 e. The number of nitrogens with one attached hydrogen (secondary N) is 1. The van der Waals surface area contributed by atoms with Crippen LogP contribution in [0.1, 0.15) is 16.9 Å². The highest BCUT2D eigenvalue weighted by Crippen LogP contribution is 2.08. The topological polar surface area (TPSA) is 45.3 Å². The Kier molecular flexibility index (Phi) is 5.10. The third-order valence-corrected chi connectivity index (χ3v) is 2.69. The van der Waals surface area contributed by atoms with Crippen LogP contribution in [0.25, 0.3) is 0 Å². The second-order valence-corrected chi connectivity index (χ2v) is 4.55. The van der Waals surface area contributed by atoms with E-state index in [4.69, 9.17) is 4.74 Å². The van der Waals surface area contributed by atoms with E-state index in [1.54, 1.807) is 19.1 Å². The van der Waals surface area contributed by atoms with Gasteiger partial charge in [0.1, 0.15) is 5.69 Å². The van der Waals surface area contributed by atoms with Gasteiger partial charge in [0, 0.05) is 37.1 Å². The van der Waals surface area contributed by atoms with Crippen molar-refractivity contribution in [2.24, 2.45) is 0 Å². The van der Waals surface area contributed by atoms with Gasteiger partial charge in [-0.3, -0.25) is 4.79 Å². The molecule has 0 bridgehead atoms. The number of H-pyrrole nitrogens is 1. The molecule has 1 heterocycles. The van der Waals surface area contributed by atoms with Crippen LogP contribution in [-0.2, 0) is 4.74 Å². The summed E-state index contributed by atoms with van der Waals surface area (Å²) in [7, 11) is 3.46. The molecule has 0 aliphatic heterocycles. The molecule has 1 aromatic heterocycles. The molecule has 1 aromatic rings. The van der Waals surface area contributed by atoms with Crippen molar-refractivity contribution in [1.82, 2.24) is 9.88 Å². The van der Waals surface area contributed by atoms with E-state index in [2.05, 4.69) is 27.6 Å². The van der Waals surface area contributed by atoms with Crippen molar-refractivity contribution >= 4 is 28.5 Å². The number of carbonyl (C=O) groups is 1. The molecule has 0 aliphatic rings. The number of hydrogen-bond donors (Lipinski definition) is 1. The summed E-state index contributed by atoms with van der Waals surface area (Å²) in [4.78, 5) is 16.4. The lowest BCUT2D eigenvalue weighted by molar-refractivity contribution is 0.0774. The molecular formula is C10H15IN2O2. The predicted octanol–water partition coefficient (Wildman–Crippen LogP) is 1.73. The van der Waals surface area contributed by atoms with Gasteiger partial charge in [0.2, 0.25) is 0 Å². The molecule has 15 heavy (non-hydrogen) atoms. The summed E-state index contributed by atoms with van der Waals surface area (Å²) >= 11 is 2.17. The normalized spacial score (nSPS) is 10.3. The molecule has 5 heteroatoms. The molecule has 0 fully saturated rings. The van der Waals surface area contributed by atoms with Gasteiger partial charge in [-0.25, -0.2) is 0 Å². The number of nitrogens with zero attached hydrogens (tertiary/aromatic N) is 1. The van der Waals surface area contributed by atoms with E-state index in [-0.39, 0.29) is 5.91 Å². The zero-order valence-corrected chi connectivity index (χ0v) is 11.1. The van der Waals surface area contributed by atoms with E-state index < -0.39 is 0 Å². The predicted molar refractivity (Wildman–Crippen MR) is 67.0 cm³/mol. The van der Waals surface area contributed by atoms with Crippen molar-refractivity contribution in [3.05, 3.63) is 21.5 Å². The third kappa shape index (κ3) is 3.83. The first-order valence-corrected chi connectivity index (χ1v) is 5.81. The van der Waals surface area contributed by atoms with Crippen LogP contribution < -0.4 is 0 Å². The summed E-state index contributed by atoms with van der Waals surface area (Å²) in [5, 5.41) is 0. The van der Waals surface area contributed by atoms with Crippen LogP contribution in [0.4, 0.5) is 0 Å². The van der Waals surface area contributed by atoms with Crippen molar-refractivity contribution in [1.29, 1.82) is 0 Å². The van der Waals surface area contributed by atoms with Crippen LogP contribution >= 0.6 is 22.6 Å². The minimum atomic E-state index is 0.0222. The van der Waals surface area contributed by atoms with Crippen LogP contribution in [0.3, 0.4) is 0 Å². The number of aromatic amines is 1. The average Bonchev–Trinajstić information content (AvgIpc) is 2.64. The lowest BCUT2D eigenvalue weighted by Crippen LogP contribution is -2.28. The van der Waals surface area contributed by atoms with Gasteiger partial charge >= 0.3 is 0 Å². The quantitative estimate of drug-likeness (QED) is 0.663. The maximum atomic E-state index is 11.8. The summed E-state index contributed by atoms with van der Waals surface area (Å²) < 4.78 is 5.98. The van der Waals surface area contributed by atoms with Crippen LogP contribution in [-0.4, -0.2) is 43.1 Å². The second-order valence-electron chi connectivity index (χ2n) is 3.30. The lowest BCUT2D eigenvalue weighted by atomic mass is 10.3. The van der Waals surface area contributed by atoms with Crippen molar-refractivity contribution in [2.75, 3.05) is 27.3 Å². The highest BCUT2D eigenvalue weighted by Gasteiger charge is 2.12. The number of carbonyl (C=O) groups excluding carboxylic acids is 1. The van der Waals surface area contributed by atoms with E-state index >= 15 is 0 Å². The van der Waals surface area contributed by atoms with Gasteiger partial charge in [-0.1, -0.05) is 0 Å². The fourth-order valence-electron chi connectivity index (χ4n) is 1.24. The molecule has 84 valence electrons. The highest BCUT2D eigenvalue weighted by molar-refractivity contribution is 14.1. The van der Waals surface area contributed by atoms with Crippen molar-refractivity contribution in [2.45, 2.75) is 6.42 Å². The molecule has 0 unspecified atom stereocenters. The van der Waals surface area contributed by atoms with Gasteiger partial charge < -0.3 is 14.6 Å². The molecule has 0 saturated heterocycles. The van der Waals surface area contributed by atoms with Gasteiger partial charge in [-0.15, -0.1) is 0 Å². The first kappa shape index (κ1) is 12.5. The van der Waals surface area contributed by atoms with Gasteiger partial charge in [0.25, 0.3) is 5.91 Å². The van der Waals surface area contributed by atoms with Gasteiger partial charge in [0.15, 0.2) is 0 Å². The Hall–Kier alpha value is -0.560. The molecule has 1 rings (SSSR count). The SMILES string of the molecule is COCCCN(C)C(=O)c1cc(I)c[nH]1. The number of aromatic nitrogens is 1. The second kappa shape index (κ2) is 6.12. The largest absolute Gasteiger partial charge is 0.385 e. The summed E-state index contributed by atoms with van der Waals surface area (Å²) in [6.45, 7) is 1.39. The molecule has 0 saturated carbocycles. The maximum Gasteiger partial charge on any atom is 0.270 e. The molecule has 0 aromatic carbocycles. The first-order chi connectivity index (χ1) is 7.15. The fourth-order valence-corrected chi connectivity index (χ4v) is 1.71. The molecule has 1 amide bonds. The summed E-state index contributed by atoms with van der Waals surface area (Å²) in [5.74, 6) is 0.0222.